The number of amidine groups is 2. The van der Waals surface area contributed by atoms with Gasteiger partial charge in [0.1, 0.15) is 12.2 Å². The largest absolute Gasteiger partial charge is 0.296 e. The molecule has 0 fully saturated rings. The Kier molecular flexibility index (Phi) is 1.05. The van der Waals surface area contributed by atoms with Crippen LogP contribution in [0.5, 0.6) is 0 Å². The van der Waals surface area contributed by atoms with Crippen molar-refractivity contribution in [1.82, 2.24) is 0 Å². The van der Waals surface area contributed by atoms with Gasteiger partial charge in [-0.2, -0.15) is 0 Å². The molecule has 0 saturated heterocycles. The highest BCUT2D eigenvalue weighted by Crippen LogP contribution is 2.13. The predicted molar refractivity (Wildman–Crippen MR) is 44.4 cm³/mol. The molecule has 0 spiro atoms. The van der Waals surface area contributed by atoms with Gasteiger partial charge in [-0.15, -0.1) is 0 Å². The SMILES string of the molecule is CC1=NC2=NC=NC2(N)C=N1. The van der Waals surface area contributed by atoms with Gasteiger partial charge < -0.3 is 0 Å². The van der Waals surface area contributed by atoms with E-state index in [0.29, 0.717) is 11.7 Å². The van der Waals surface area contributed by atoms with E-state index in [0.717, 1.165) is 0 Å². The van der Waals surface area contributed by atoms with Gasteiger partial charge in [0.2, 0.25) is 5.66 Å². The van der Waals surface area contributed by atoms with Crippen LogP contribution >= 0.6 is 0 Å². The standard InChI is InChI=1S/C6H7N5/c1-4-8-2-6(7)5(11-4)9-3-10-6/h2-3H,7H2,1H3. The van der Waals surface area contributed by atoms with Crippen LogP contribution in [0, 0.1) is 0 Å². The van der Waals surface area contributed by atoms with E-state index in [-0.39, 0.29) is 0 Å². The van der Waals surface area contributed by atoms with Crippen LogP contribution in [-0.2, 0) is 0 Å². The average molecular weight is 149 g/mol. The highest BCUT2D eigenvalue weighted by atomic mass is 15.2. The van der Waals surface area contributed by atoms with Gasteiger partial charge >= 0.3 is 0 Å². The van der Waals surface area contributed by atoms with Crippen molar-refractivity contribution in [2.24, 2.45) is 25.7 Å². The molecule has 11 heavy (non-hydrogen) atoms. The van der Waals surface area contributed by atoms with Crippen molar-refractivity contribution in [2.75, 3.05) is 0 Å². The second kappa shape index (κ2) is 1.82. The van der Waals surface area contributed by atoms with E-state index in [9.17, 15) is 0 Å². The summed E-state index contributed by atoms with van der Waals surface area (Å²) in [7, 11) is 0. The van der Waals surface area contributed by atoms with Crippen LogP contribution in [0.4, 0.5) is 0 Å². The summed E-state index contributed by atoms with van der Waals surface area (Å²) in [5.74, 6) is 1.18. The van der Waals surface area contributed by atoms with Gasteiger partial charge in [0, 0.05) is 0 Å². The lowest BCUT2D eigenvalue weighted by atomic mass is 10.2. The molecule has 5 nitrogen and oxygen atoms in total. The minimum Gasteiger partial charge on any atom is -0.296 e. The van der Waals surface area contributed by atoms with Crippen LogP contribution in [0.3, 0.4) is 0 Å². The minimum atomic E-state index is -0.889. The van der Waals surface area contributed by atoms with Gasteiger partial charge in [0.25, 0.3) is 0 Å². The summed E-state index contributed by atoms with van der Waals surface area (Å²) >= 11 is 0. The molecule has 0 aromatic heterocycles. The molecular formula is C6H7N5. The van der Waals surface area contributed by atoms with Gasteiger partial charge in [0.15, 0.2) is 5.84 Å². The van der Waals surface area contributed by atoms with E-state index >= 15 is 0 Å². The fraction of sp³-hybridized carbons (Fsp3) is 0.333. The van der Waals surface area contributed by atoms with Gasteiger partial charge in [-0.25, -0.2) is 20.0 Å². The highest BCUT2D eigenvalue weighted by molar-refractivity contribution is 6.19. The van der Waals surface area contributed by atoms with E-state index in [4.69, 9.17) is 5.73 Å². The monoisotopic (exact) mass is 149 g/mol. The number of nitrogens with zero attached hydrogens (tertiary/aromatic N) is 4. The van der Waals surface area contributed by atoms with Crippen molar-refractivity contribution in [3.05, 3.63) is 0 Å². The molecule has 2 rings (SSSR count). The first-order valence-electron chi connectivity index (χ1n) is 3.22. The van der Waals surface area contributed by atoms with Gasteiger partial charge in [-0.3, -0.25) is 5.73 Å². The number of hydrogen-bond acceptors (Lipinski definition) is 5. The summed E-state index contributed by atoms with van der Waals surface area (Å²) in [4.78, 5) is 15.8. The molecule has 0 aromatic carbocycles. The average Bonchev–Trinajstić information content (AvgIpc) is 2.31. The Morgan fingerprint density at radius 3 is 3.18 bits per heavy atom. The lowest BCUT2D eigenvalue weighted by Crippen LogP contribution is -2.47. The van der Waals surface area contributed by atoms with Crippen LogP contribution in [0.15, 0.2) is 20.0 Å². The van der Waals surface area contributed by atoms with E-state index < -0.39 is 5.66 Å². The Labute approximate surface area is 63.5 Å². The topological polar surface area (TPSA) is 75.5 Å². The van der Waals surface area contributed by atoms with Crippen molar-refractivity contribution in [3.8, 4) is 0 Å². The van der Waals surface area contributed by atoms with Crippen LogP contribution in [-0.4, -0.2) is 29.9 Å². The maximum absolute atomic E-state index is 5.74. The molecule has 2 N–H and O–H groups in total. The Balaban J connectivity index is 2.49. The number of nitrogens with two attached hydrogens (primary N) is 1. The third-order valence-corrected chi connectivity index (χ3v) is 1.53. The van der Waals surface area contributed by atoms with Crippen LogP contribution < -0.4 is 5.73 Å². The summed E-state index contributed by atoms with van der Waals surface area (Å²) < 4.78 is 0. The minimum absolute atomic E-state index is 0.519. The summed E-state index contributed by atoms with van der Waals surface area (Å²) in [5.41, 5.74) is 4.85. The van der Waals surface area contributed by atoms with Crippen molar-refractivity contribution in [3.63, 3.8) is 0 Å². The molecule has 56 valence electrons. The van der Waals surface area contributed by atoms with Gasteiger partial charge in [-0.1, -0.05) is 0 Å². The molecular weight excluding hydrogens is 142 g/mol. The molecule has 1 unspecified atom stereocenters. The molecule has 2 aliphatic heterocycles. The zero-order chi connectivity index (χ0) is 7.90. The van der Waals surface area contributed by atoms with Crippen LogP contribution in [0.2, 0.25) is 0 Å². The Morgan fingerprint density at radius 1 is 1.55 bits per heavy atom. The molecule has 0 bridgehead atoms. The molecule has 0 radical (unpaired) electrons. The third kappa shape index (κ3) is 0.813. The maximum Gasteiger partial charge on any atom is 0.206 e. The quantitative estimate of drug-likeness (QED) is 0.499. The van der Waals surface area contributed by atoms with Crippen molar-refractivity contribution in [2.45, 2.75) is 12.6 Å². The molecule has 0 saturated carbocycles. The van der Waals surface area contributed by atoms with E-state index in [1.54, 1.807) is 13.1 Å². The number of hydrogen-bond donors (Lipinski definition) is 1. The molecule has 0 amide bonds. The van der Waals surface area contributed by atoms with Gasteiger partial charge in [-0.05, 0) is 6.92 Å². The number of aliphatic imine (C=N–C) groups is 4. The second-order valence-electron chi connectivity index (χ2n) is 2.44. The fourth-order valence-corrected chi connectivity index (χ4v) is 0.924. The zero-order valence-electron chi connectivity index (χ0n) is 6.02. The van der Waals surface area contributed by atoms with Crippen molar-refractivity contribution < 1.29 is 0 Å². The fourth-order valence-electron chi connectivity index (χ4n) is 0.924. The third-order valence-electron chi connectivity index (χ3n) is 1.53. The number of rotatable bonds is 0. The highest BCUT2D eigenvalue weighted by Gasteiger charge is 2.33. The van der Waals surface area contributed by atoms with Crippen LogP contribution in [0.1, 0.15) is 6.92 Å². The Hall–Kier alpha value is -1.36. The maximum atomic E-state index is 5.74. The van der Waals surface area contributed by atoms with E-state index in [2.05, 4.69) is 20.0 Å². The Morgan fingerprint density at radius 2 is 2.36 bits per heavy atom. The van der Waals surface area contributed by atoms with Crippen LogP contribution in [0.25, 0.3) is 0 Å². The molecule has 2 aliphatic rings. The molecule has 1 atom stereocenters. The van der Waals surface area contributed by atoms with Crippen molar-refractivity contribution in [1.29, 1.82) is 0 Å². The first-order valence-corrected chi connectivity index (χ1v) is 3.22. The molecule has 2 heterocycles. The lowest BCUT2D eigenvalue weighted by Gasteiger charge is -2.17. The molecule has 0 aliphatic carbocycles. The summed E-state index contributed by atoms with van der Waals surface area (Å²) in [6, 6.07) is 0. The molecule has 5 heteroatoms. The lowest BCUT2D eigenvalue weighted by molar-refractivity contribution is 0.811. The summed E-state index contributed by atoms with van der Waals surface area (Å²) in [6.07, 6.45) is 2.96. The zero-order valence-corrected chi connectivity index (χ0v) is 6.02. The predicted octanol–water partition coefficient (Wildman–Crippen LogP) is -0.415. The summed E-state index contributed by atoms with van der Waals surface area (Å²) in [5, 5.41) is 0. The van der Waals surface area contributed by atoms with E-state index in [1.165, 1.54) is 6.34 Å². The molecule has 0 aromatic rings. The number of fused-ring (bicyclic) bond motifs is 1. The van der Waals surface area contributed by atoms with Crippen molar-refractivity contribution >= 4 is 24.2 Å². The Bertz CT molecular complexity index is 311. The first-order chi connectivity index (χ1) is 5.21. The van der Waals surface area contributed by atoms with E-state index in [1.807, 2.05) is 0 Å². The normalized spacial score (nSPS) is 33.3. The second-order valence-corrected chi connectivity index (χ2v) is 2.44. The smallest absolute Gasteiger partial charge is 0.206 e. The van der Waals surface area contributed by atoms with Gasteiger partial charge in [0.05, 0.1) is 6.21 Å². The summed E-state index contributed by atoms with van der Waals surface area (Å²) in [6.45, 7) is 1.79. The first kappa shape index (κ1) is 6.36.